The highest BCUT2D eigenvalue weighted by Gasteiger charge is 2.23. The zero-order chi connectivity index (χ0) is 9.97. The molecule has 0 unspecified atom stereocenters. The second-order valence-electron chi connectivity index (χ2n) is 4.61. The Labute approximate surface area is 86.5 Å². The summed E-state index contributed by atoms with van der Waals surface area (Å²) in [7, 11) is 0. The number of benzene rings is 1. The second-order valence-corrected chi connectivity index (χ2v) is 4.61. The Hall–Kier alpha value is -0.820. The van der Waals surface area contributed by atoms with Crippen molar-refractivity contribution >= 4 is 0 Å². The van der Waals surface area contributed by atoms with E-state index in [1.807, 2.05) is 0 Å². The fraction of sp³-hybridized carbons (Fsp3) is 0.538. The van der Waals surface area contributed by atoms with Gasteiger partial charge in [0.05, 0.1) is 0 Å². The first-order valence-corrected chi connectivity index (χ1v) is 5.56. The molecule has 0 radical (unpaired) electrons. The highest BCUT2D eigenvalue weighted by Crippen LogP contribution is 2.29. The number of hydrogen-bond donors (Lipinski definition) is 1. The van der Waals surface area contributed by atoms with Gasteiger partial charge in [-0.1, -0.05) is 37.3 Å². The lowest BCUT2D eigenvalue weighted by Crippen LogP contribution is -2.37. The van der Waals surface area contributed by atoms with E-state index < -0.39 is 0 Å². The summed E-state index contributed by atoms with van der Waals surface area (Å²) in [4.78, 5) is 0. The van der Waals surface area contributed by atoms with Gasteiger partial charge in [-0.2, -0.15) is 0 Å². The van der Waals surface area contributed by atoms with Crippen LogP contribution in [0.2, 0.25) is 0 Å². The van der Waals surface area contributed by atoms with Gasteiger partial charge in [0.2, 0.25) is 0 Å². The van der Waals surface area contributed by atoms with E-state index in [1.54, 1.807) is 0 Å². The van der Waals surface area contributed by atoms with E-state index in [9.17, 15) is 0 Å². The van der Waals surface area contributed by atoms with Crippen molar-refractivity contribution in [2.24, 2.45) is 5.92 Å². The van der Waals surface area contributed by atoms with Crippen molar-refractivity contribution in [1.29, 1.82) is 0 Å². The molecule has 1 aliphatic heterocycles. The summed E-state index contributed by atoms with van der Waals surface area (Å²) >= 11 is 0. The van der Waals surface area contributed by atoms with Crippen LogP contribution < -0.4 is 5.32 Å². The molecule has 1 fully saturated rings. The van der Waals surface area contributed by atoms with Gasteiger partial charge in [0, 0.05) is 12.1 Å². The van der Waals surface area contributed by atoms with E-state index >= 15 is 0 Å². The van der Waals surface area contributed by atoms with Gasteiger partial charge in [0.25, 0.3) is 0 Å². The topological polar surface area (TPSA) is 12.0 Å². The molecule has 1 aromatic rings. The average molecular weight is 189 g/mol. The third-order valence-corrected chi connectivity index (χ3v) is 3.08. The first kappa shape index (κ1) is 9.72. The molecular formula is C13H19N. The van der Waals surface area contributed by atoms with Crippen molar-refractivity contribution in [3.05, 3.63) is 35.9 Å². The quantitative estimate of drug-likeness (QED) is 0.715. The highest BCUT2D eigenvalue weighted by atomic mass is 15.0. The van der Waals surface area contributed by atoms with Gasteiger partial charge in [-0.25, -0.2) is 0 Å². The Morgan fingerprint density at radius 3 is 2.43 bits per heavy atom. The summed E-state index contributed by atoms with van der Waals surface area (Å²) in [5.41, 5.74) is 1.44. The Morgan fingerprint density at radius 2 is 1.79 bits per heavy atom. The lowest BCUT2D eigenvalue weighted by atomic mass is 9.87. The van der Waals surface area contributed by atoms with E-state index in [4.69, 9.17) is 0 Å². The zero-order valence-corrected chi connectivity index (χ0v) is 9.03. The summed E-state index contributed by atoms with van der Waals surface area (Å²) in [5.74, 6) is 0.844. The van der Waals surface area contributed by atoms with Crippen molar-refractivity contribution in [2.75, 3.05) is 0 Å². The van der Waals surface area contributed by atoms with Gasteiger partial charge in [-0.3, -0.25) is 0 Å². The first-order chi connectivity index (χ1) is 6.75. The molecule has 0 aliphatic carbocycles. The molecule has 1 saturated heterocycles. The molecule has 1 aliphatic rings. The summed E-state index contributed by atoms with van der Waals surface area (Å²) in [6, 6.07) is 12.0. The Kier molecular flexibility index (Phi) is 2.87. The minimum absolute atomic E-state index is 0.565. The molecule has 0 aromatic heterocycles. The third-order valence-electron chi connectivity index (χ3n) is 3.08. The molecule has 0 bridgehead atoms. The van der Waals surface area contributed by atoms with Gasteiger partial charge in [-0.15, -0.1) is 0 Å². The third kappa shape index (κ3) is 2.16. The molecule has 14 heavy (non-hydrogen) atoms. The fourth-order valence-electron chi connectivity index (χ4n) is 2.50. The van der Waals surface area contributed by atoms with Gasteiger partial charge < -0.3 is 5.32 Å². The molecule has 1 N–H and O–H groups in total. The van der Waals surface area contributed by atoms with Crippen LogP contribution in [0.15, 0.2) is 30.3 Å². The minimum atomic E-state index is 0.565. The predicted octanol–water partition coefficient (Wildman–Crippen LogP) is 3.14. The lowest BCUT2D eigenvalue weighted by molar-refractivity contribution is 0.269. The maximum absolute atomic E-state index is 3.66. The number of rotatable bonds is 1. The molecule has 0 saturated carbocycles. The number of nitrogens with one attached hydrogen (secondary N) is 1. The minimum Gasteiger partial charge on any atom is -0.307 e. The Bertz CT molecular complexity index is 271. The molecule has 0 spiro atoms. The monoisotopic (exact) mass is 189 g/mol. The number of hydrogen-bond acceptors (Lipinski definition) is 1. The maximum atomic E-state index is 3.66. The molecule has 0 amide bonds. The molecule has 1 heterocycles. The maximum Gasteiger partial charge on any atom is 0.0325 e. The van der Waals surface area contributed by atoms with Crippen LogP contribution in [-0.4, -0.2) is 6.04 Å². The Balaban J connectivity index is 2.11. The van der Waals surface area contributed by atoms with Crippen LogP contribution in [0.25, 0.3) is 0 Å². The van der Waals surface area contributed by atoms with E-state index in [2.05, 4.69) is 49.5 Å². The normalized spacial score (nSPS) is 32.9. The average Bonchev–Trinajstić information content (AvgIpc) is 2.18. The van der Waals surface area contributed by atoms with E-state index in [-0.39, 0.29) is 0 Å². The molecule has 2 rings (SSSR count). The fourth-order valence-corrected chi connectivity index (χ4v) is 2.50. The van der Waals surface area contributed by atoms with Crippen molar-refractivity contribution < 1.29 is 0 Å². The van der Waals surface area contributed by atoms with Crippen LogP contribution in [0.4, 0.5) is 0 Å². The molecule has 1 nitrogen and oxygen atoms in total. The van der Waals surface area contributed by atoms with Crippen LogP contribution in [-0.2, 0) is 0 Å². The van der Waals surface area contributed by atoms with Gasteiger partial charge in [-0.05, 0) is 31.2 Å². The molecular weight excluding hydrogens is 170 g/mol. The summed E-state index contributed by atoms with van der Waals surface area (Å²) in [5, 5.41) is 3.66. The second kappa shape index (κ2) is 4.14. The summed E-state index contributed by atoms with van der Waals surface area (Å²) in [6.07, 6.45) is 2.58. The number of piperidine rings is 1. The van der Waals surface area contributed by atoms with Crippen LogP contribution in [0.3, 0.4) is 0 Å². The van der Waals surface area contributed by atoms with Crippen molar-refractivity contribution in [2.45, 2.75) is 38.8 Å². The summed E-state index contributed by atoms with van der Waals surface area (Å²) < 4.78 is 0. The first-order valence-electron chi connectivity index (χ1n) is 5.56. The molecule has 76 valence electrons. The van der Waals surface area contributed by atoms with Crippen molar-refractivity contribution in [1.82, 2.24) is 5.32 Å². The molecule has 1 aromatic carbocycles. The largest absolute Gasteiger partial charge is 0.307 e. The van der Waals surface area contributed by atoms with Gasteiger partial charge in [0.1, 0.15) is 0 Å². The van der Waals surface area contributed by atoms with Crippen LogP contribution in [0.1, 0.15) is 38.3 Å². The lowest BCUT2D eigenvalue weighted by Gasteiger charge is -2.33. The molecule has 3 atom stereocenters. The predicted molar refractivity (Wildman–Crippen MR) is 60.2 cm³/mol. The van der Waals surface area contributed by atoms with E-state index in [0.717, 1.165) is 5.92 Å². The summed E-state index contributed by atoms with van der Waals surface area (Å²) in [6.45, 7) is 4.64. The smallest absolute Gasteiger partial charge is 0.0325 e. The zero-order valence-electron chi connectivity index (χ0n) is 9.03. The Morgan fingerprint density at radius 1 is 1.07 bits per heavy atom. The van der Waals surface area contributed by atoms with Crippen molar-refractivity contribution in [3.8, 4) is 0 Å². The SMILES string of the molecule is C[C@@H]1C[C@@H](c2ccccc2)N[C@@H](C)C1. The van der Waals surface area contributed by atoms with Crippen LogP contribution in [0.5, 0.6) is 0 Å². The van der Waals surface area contributed by atoms with Crippen LogP contribution in [0, 0.1) is 5.92 Å². The van der Waals surface area contributed by atoms with E-state index in [0.29, 0.717) is 12.1 Å². The van der Waals surface area contributed by atoms with Gasteiger partial charge >= 0.3 is 0 Å². The molecule has 1 heteroatoms. The standard InChI is InChI=1S/C13H19N/c1-10-8-11(2)14-13(9-10)12-6-4-3-5-7-12/h3-7,10-11,13-14H,8-9H2,1-2H3/t10-,11-,13-/m0/s1. The highest BCUT2D eigenvalue weighted by molar-refractivity contribution is 5.19. The van der Waals surface area contributed by atoms with Crippen LogP contribution >= 0.6 is 0 Å². The van der Waals surface area contributed by atoms with Gasteiger partial charge in [0.15, 0.2) is 0 Å². The van der Waals surface area contributed by atoms with E-state index in [1.165, 1.54) is 18.4 Å². The van der Waals surface area contributed by atoms with Crippen molar-refractivity contribution in [3.63, 3.8) is 0 Å².